The van der Waals surface area contributed by atoms with E-state index in [1.165, 1.54) is 18.1 Å². The number of anilines is 1. The number of nitrogens with zero attached hydrogens (tertiary/aromatic N) is 1. The van der Waals surface area contributed by atoms with Crippen LogP contribution in [0.3, 0.4) is 0 Å². The lowest BCUT2D eigenvalue weighted by Gasteiger charge is -2.29. The fourth-order valence-electron chi connectivity index (χ4n) is 3.69. The van der Waals surface area contributed by atoms with Gasteiger partial charge in [0, 0.05) is 0 Å². The zero-order valence-electron chi connectivity index (χ0n) is 19.8. The molecule has 1 aliphatic rings. The number of amides is 2. The molecular weight excluding hydrogens is 555 g/mol. The molecule has 0 radical (unpaired) electrons. The van der Waals surface area contributed by atoms with Gasteiger partial charge in [-0.25, -0.2) is 0 Å². The van der Waals surface area contributed by atoms with Gasteiger partial charge in [0.2, 0.25) is 0 Å². The molecule has 37 heavy (non-hydrogen) atoms. The van der Waals surface area contributed by atoms with Gasteiger partial charge in [-0.15, -0.1) is 0 Å². The lowest BCUT2D eigenvalue weighted by Crippen LogP contribution is -2.54. The number of carbonyl (C=O) groups excluding carboxylic acids is 2. The number of rotatable bonds is 7. The zero-order valence-corrected chi connectivity index (χ0v) is 22.9. The lowest BCUT2D eigenvalue weighted by atomic mass is 10.1. The maximum absolute atomic E-state index is 13.3. The van der Waals surface area contributed by atoms with Crippen molar-refractivity contribution in [3.05, 3.63) is 91.9 Å². The number of methoxy groups -OCH3 is 1. The van der Waals surface area contributed by atoms with Gasteiger partial charge in [-0.05, 0) is 77.8 Å². The molecule has 0 aliphatic carbocycles. The summed E-state index contributed by atoms with van der Waals surface area (Å²) in [4.78, 5) is 27.3. The van der Waals surface area contributed by atoms with E-state index in [-0.39, 0.29) is 22.3 Å². The molecule has 1 N–H and O–H groups in total. The van der Waals surface area contributed by atoms with Crippen molar-refractivity contribution in [2.75, 3.05) is 12.0 Å². The van der Waals surface area contributed by atoms with Crippen LogP contribution < -0.4 is 19.7 Å². The molecule has 0 unspecified atom stereocenters. The molecule has 0 saturated carbocycles. The smallest absolute Gasteiger partial charge is 0.270 e. The first-order chi connectivity index (χ1) is 17.7. The molecule has 0 spiro atoms. The zero-order chi connectivity index (χ0) is 26.7. The molecule has 0 atom stereocenters. The van der Waals surface area contributed by atoms with Crippen molar-refractivity contribution in [1.82, 2.24) is 5.32 Å². The fraction of sp³-hybridized carbons (Fsp3) is 0.148. The first-order valence-electron chi connectivity index (χ1n) is 11.2. The molecule has 1 fully saturated rings. The van der Waals surface area contributed by atoms with E-state index < -0.39 is 11.8 Å². The van der Waals surface area contributed by atoms with Crippen LogP contribution in [0.1, 0.15) is 23.6 Å². The molecule has 3 aromatic rings. The van der Waals surface area contributed by atoms with Crippen LogP contribution in [0, 0.1) is 0 Å². The molecule has 1 saturated heterocycles. The van der Waals surface area contributed by atoms with Crippen LogP contribution in [0.15, 0.2) is 60.2 Å². The van der Waals surface area contributed by atoms with Crippen molar-refractivity contribution in [2.45, 2.75) is 20.0 Å². The van der Waals surface area contributed by atoms with E-state index in [9.17, 15) is 9.59 Å². The predicted octanol–water partition coefficient (Wildman–Crippen LogP) is 6.63. The minimum atomic E-state index is -0.605. The van der Waals surface area contributed by atoms with E-state index in [0.717, 1.165) is 17.5 Å². The van der Waals surface area contributed by atoms with Crippen LogP contribution >= 0.6 is 47.0 Å². The van der Waals surface area contributed by atoms with Gasteiger partial charge >= 0.3 is 0 Å². The number of nitrogens with one attached hydrogen (secondary N) is 1. The fourth-order valence-corrected chi connectivity index (χ4v) is 4.56. The third-order valence-electron chi connectivity index (χ3n) is 5.63. The Morgan fingerprint density at radius 3 is 2.30 bits per heavy atom. The molecule has 2 amide bonds. The highest BCUT2D eigenvalue weighted by atomic mass is 35.5. The summed E-state index contributed by atoms with van der Waals surface area (Å²) >= 11 is 23.8. The minimum absolute atomic E-state index is 0.0121. The number of halogens is 3. The topological polar surface area (TPSA) is 67.9 Å². The van der Waals surface area contributed by atoms with Crippen LogP contribution in [0.25, 0.3) is 6.08 Å². The summed E-state index contributed by atoms with van der Waals surface area (Å²) in [5.74, 6) is -0.527. The first kappa shape index (κ1) is 26.9. The van der Waals surface area contributed by atoms with E-state index in [0.29, 0.717) is 32.8 Å². The third-order valence-corrected chi connectivity index (χ3v) is 6.94. The van der Waals surface area contributed by atoms with Gasteiger partial charge in [-0.2, -0.15) is 0 Å². The van der Waals surface area contributed by atoms with Gasteiger partial charge in [0.1, 0.15) is 12.2 Å². The average Bonchev–Trinajstić information content (AvgIpc) is 2.88. The molecule has 190 valence electrons. The highest BCUT2D eigenvalue weighted by Gasteiger charge is 2.34. The van der Waals surface area contributed by atoms with Crippen LogP contribution in [0.4, 0.5) is 5.69 Å². The number of aryl methyl sites for hydroxylation is 1. The second-order valence-corrected chi connectivity index (χ2v) is 9.66. The van der Waals surface area contributed by atoms with Gasteiger partial charge in [0.25, 0.3) is 11.8 Å². The Balaban J connectivity index is 1.62. The SMILES string of the molecule is CCc1ccc(N2C(=O)/C(=C/c3cc(Cl)c(OCc4ccc(Cl)c(Cl)c4)c(OC)c3)C(=O)NC2=S)cc1. The molecule has 0 bridgehead atoms. The molecule has 0 aromatic heterocycles. The Morgan fingerprint density at radius 2 is 1.65 bits per heavy atom. The van der Waals surface area contributed by atoms with E-state index in [2.05, 4.69) is 5.32 Å². The van der Waals surface area contributed by atoms with Gasteiger partial charge in [0.05, 0.1) is 27.9 Å². The van der Waals surface area contributed by atoms with E-state index in [1.807, 2.05) is 19.1 Å². The number of hydrogen-bond acceptors (Lipinski definition) is 5. The summed E-state index contributed by atoms with van der Waals surface area (Å²) < 4.78 is 11.4. The van der Waals surface area contributed by atoms with Crippen molar-refractivity contribution >= 4 is 75.7 Å². The largest absolute Gasteiger partial charge is 0.493 e. The Morgan fingerprint density at radius 1 is 0.946 bits per heavy atom. The quantitative estimate of drug-likeness (QED) is 0.195. The lowest BCUT2D eigenvalue weighted by molar-refractivity contribution is -0.122. The van der Waals surface area contributed by atoms with Gasteiger partial charge < -0.3 is 9.47 Å². The summed E-state index contributed by atoms with van der Waals surface area (Å²) in [6.07, 6.45) is 2.29. The van der Waals surface area contributed by atoms with Crippen molar-refractivity contribution in [3.8, 4) is 11.5 Å². The summed E-state index contributed by atoms with van der Waals surface area (Å²) in [5.41, 5.74) is 2.82. The van der Waals surface area contributed by atoms with Gasteiger partial charge in [-0.1, -0.05) is 59.9 Å². The number of ether oxygens (including phenoxy) is 2. The second-order valence-electron chi connectivity index (χ2n) is 8.05. The van der Waals surface area contributed by atoms with Crippen molar-refractivity contribution in [3.63, 3.8) is 0 Å². The number of carbonyl (C=O) groups is 2. The summed E-state index contributed by atoms with van der Waals surface area (Å²) in [6.45, 7) is 2.20. The first-order valence-corrected chi connectivity index (χ1v) is 12.7. The maximum Gasteiger partial charge on any atom is 0.270 e. The van der Waals surface area contributed by atoms with E-state index >= 15 is 0 Å². The van der Waals surface area contributed by atoms with Crippen molar-refractivity contribution in [2.24, 2.45) is 0 Å². The Kier molecular flexibility index (Phi) is 8.39. The summed E-state index contributed by atoms with van der Waals surface area (Å²) in [6, 6.07) is 15.8. The number of benzene rings is 3. The Hall–Kier alpha value is -3.10. The Labute approximate surface area is 234 Å². The predicted molar refractivity (Wildman–Crippen MR) is 151 cm³/mol. The van der Waals surface area contributed by atoms with Gasteiger partial charge in [-0.3, -0.25) is 19.8 Å². The standard InChI is InChI=1S/C27H21Cl3N2O4S/c1-3-15-4-7-18(8-5-15)32-26(34)19(25(33)31-27(32)37)10-17-12-22(30)24(23(13-17)35-2)36-14-16-6-9-20(28)21(29)11-16/h4-13H,3,14H2,1-2H3,(H,31,33,37)/b19-10+. The molecular formula is C27H21Cl3N2O4S. The average molecular weight is 576 g/mol. The van der Waals surface area contributed by atoms with Crippen LogP contribution in [0.2, 0.25) is 15.1 Å². The highest BCUT2D eigenvalue weighted by molar-refractivity contribution is 7.80. The Bertz CT molecular complexity index is 1420. The maximum atomic E-state index is 13.3. The molecule has 4 rings (SSSR count). The monoisotopic (exact) mass is 574 g/mol. The van der Waals surface area contributed by atoms with Crippen LogP contribution in [0.5, 0.6) is 11.5 Å². The highest BCUT2D eigenvalue weighted by Crippen LogP contribution is 2.38. The van der Waals surface area contributed by atoms with E-state index in [4.69, 9.17) is 56.5 Å². The van der Waals surface area contributed by atoms with Gasteiger partial charge in [0.15, 0.2) is 16.6 Å². The van der Waals surface area contributed by atoms with Crippen molar-refractivity contribution < 1.29 is 19.1 Å². The molecule has 6 nitrogen and oxygen atoms in total. The normalized spacial score (nSPS) is 14.7. The van der Waals surface area contributed by atoms with Crippen LogP contribution in [-0.4, -0.2) is 24.0 Å². The second kappa shape index (κ2) is 11.5. The summed E-state index contributed by atoms with van der Waals surface area (Å²) in [7, 11) is 1.47. The third kappa shape index (κ3) is 5.91. The molecule has 1 heterocycles. The number of hydrogen-bond donors (Lipinski definition) is 1. The summed E-state index contributed by atoms with van der Waals surface area (Å²) in [5, 5.41) is 3.68. The van der Waals surface area contributed by atoms with Crippen molar-refractivity contribution in [1.29, 1.82) is 0 Å². The minimum Gasteiger partial charge on any atom is -0.493 e. The molecule has 1 aliphatic heterocycles. The van der Waals surface area contributed by atoms with Crippen LogP contribution in [-0.2, 0) is 22.6 Å². The molecule has 3 aromatic carbocycles. The van der Waals surface area contributed by atoms with E-state index in [1.54, 1.807) is 42.5 Å². The number of thiocarbonyl (C=S) groups is 1. The molecule has 10 heteroatoms.